The molecule has 0 radical (unpaired) electrons. The molecule has 0 saturated heterocycles. The van der Waals surface area contributed by atoms with Gasteiger partial charge >= 0.3 is 5.97 Å². The normalized spacial score (nSPS) is 11.6. The van der Waals surface area contributed by atoms with Crippen LogP contribution in [0.15, 0.2) is 40.8 Å². The van der Waals surface area contributed by atoms with Crippen LogP contribution in [0.2, 0.25) is 0 Å². The SMILES string of the molecule is COc1cc(C(=O)O[C@H](C)c2nnc(-c3ccc(C)cc3)o2)c([N+](=O)[O-])cc1OC. The molecule has 2 aromatic carbocycles. The van der Waals surface area contributed by atoms with E-state index in [1.165, 1.54) is 27.2 Å². The van der Waals surface area contributed by atoms with Crippen molar-refractivity contribution in [2.75, 3.05) is 14.2 Å². The Morgan fingerprint density at radius 3 is 2.33 bits per heavy atom. The van der Waals surface area contributed by atoms with Gasteiger partial charge in [-0.1, -0.05) is 17.7 Å². The Kier molecular flexibility index (Phi) is 5.95. The van der Waals surface area contributed by atoms with Gasteiger partial charge in [0.1, 0.15) is 5.56 Å². The number of esters is 1. The van der Waals surface area contributed by atoms with Crippen LogP contribution < -0.4 is 9.47 Å². The van der Waals surface area contributed by atoms with Crippen LogP contribution >= 0.6 is 0 Å². The number of nitro benzene ring substituents is 1. The summed E-state index contributed by atoms with van der Waals surface area (Å²) in [7, 11) is 2.69. The summed E-state index contributed by atoms with van der Waals surface area (Å²) in [6.45, 7) is 3.48. The van der Waals surface area contributed by atoms with Gasteiger partial charge in [0.25, 0.3) is 11.6 Å². The molecule has 1 heterocycles. The molecule has 0 aliphatic rings. The van der Waals surface area contributed by atoms with Gasteiger partial charge in [-0.25, -0.2) is 4.79 Å². The van der Waals surface area contributed by atoms with E-state index in [4.69, 9.17) is 18.6 Å². The minimum atomic E-state index is -0.940. The van der Waals surface area contributed by atoms with Crippen molar-refractivity contribution in [3.63, 3.8) is 0 Å². The number of aromatic nitrogens is 2. The Labute approximate surface area is 171 Å². The quantitative estimate of drug-likeness (QED) is 0.322. The Morgan fingerprint density at radius 1 is 1.10 bits per heavy atom. The van der Waals surface area contributed by atoms with Crippen molar-refractivity contribution in [3.05, 3.63) is 63.5 Å². The molecule has 0 aliphatic heterocycles. The lowest BCUT2D eigenvalue weighted by Crippen LogP contribution is -2.12. The minimum absolute atomic E-state index is 0.0575. The van der Waals surface area contributed by atoms with Crippen LogP contribution in [-0.2, 0) is 4.74 Å². The fourth-order valence-corrected chi connectivity index (χ4v) is 2.67. The molecule has 0 bridgehead atoms. The van der Waals surface area contributed by atoms with E-state index in [1.54, 1.807) is 0 Å². The predicted molar refractivity (Wildman–Crippen MR) is 105 cm³/mol. The van der Waals surface area contributed by atoms with Gasteiger partial charge in [-0.05, 0) is 26.0 Å². The number of nitrogens with zero attached hydrogens (tertiary/aromatic N) is 3. The topological polar surface area (TPSA) is 127 Å². The molecular weight excluding hydrogens is 394 g/mol. The van der Waals surface area contributed by atoms with Crippen LogP contribution in [0.4, 0.5) is 5.69 Å². The second-order valence-corrected chi connectivity index (χ2v) is 6.34. The maximum absolute atomic E-state index is 12.6. The number of rotatable bonds is 7. The highest BCUT2D eigenvalue weighted by Gasteiger charge is 2.28. The first-order valence-corrected chi connectivity index (χ1v) is 8.86. The summed E-state index contributed by atoms with van der Waals surface area (Å²) in [5.41, 5.74) is 1.03. The molecule has 1 aromatic heterocycles. The van der Waals surface area contributed by atoms with Gasteiger partial charge in [0.2, 0.25) is 5.89 Å². The minimum Gasteiger partial charge on any atom is -0.493 e. The average Bonchev–Trinajstić information content (AvgIpc) is 3.23. The van der Waals surface area contributed by atoms with Crippen LogP contribution in [0.3, 0.4) is 0 Å². The monoisotopic (exact) mass is 413 g/mol. The van der Waals surface area contributed by atoms with Crippen molar-refractivity contribution in [3.8, 4) is 23.0 Å². The molecule has 0 unspecified atom stereocenters. The molecule has 3 aromatic rings. The van der Waals surface area contributed by atoms with Crippen molar-refractivity contribution < 1.29 is 28.3 Å². The van der Waals surface area contributed by atoms with Crippen molar-refractivity contribution in [1.82, 2.24) is 10.2 Å². The highest BCUT2D eigenvalue weighted by Crippen LogP contribution is 2.35. The second kappa shape index (κ2) is 8.60. The first kappa shape index (κ1) is 20.8. The molecule has 30 heavy (non-hydrogen) atoms. The molecule has 3 rings (SSSR count). The molecule has 0 amide bonds. The number of carbonyl (C=O) groups excluding carboxylic acids is 1. The van der Waals surface area contributed by atoms with Crippen LogP contribution in [0.1, 0.15) is 34.8 Å². The van der Waals surface area contributed by atoms with E-state index < -0.39 is 22.7 Å². The highest BCUT2D eigenvalue weighted by atomic mass is 16.6. The van der Waals surface area contributed by atoms with Gasteiger partial charge in [0.15, 0.2) is 17.6 Å². The molecular formula is C20H19N3O7. The summed E-state index contributed by atoms with van der Waals surface area (Å²) < 4.78 is 21.1. The van der Waals surface area contributed by atoms with Gasteiger partial charge in [-0.15, -0.1) is 10.2 Å². The summed E-state index contributed by atoms with van der Waals surface area (Å²) in [5.74, 6) is -0.340. The third-order valence-corrected chi connectivity index (χ3v) is 4.29. The molecule has 10 heteroatoms. The lowest BCUT2D eigenvalue weighted by molar-refractivity contribution is -0.385. The number of methoxy groups -OCH3 is 2. The summed E-state index contributed by atoms with van der Waals surface area (Å²) in [6.07, 6.45) is -0.933. The van der Waals surface area contributed by atoms with Crippen molar-refractivity contribution in [2.45, 2.75) is 20.0 Å². The number of carbonyl (C=O) groups is 1. The average molecular weight is 413 g/mol. The highest BCUT2D eigenvalue weighted by molar-refractivity contribution is 5.95. The Morgan fingerprint density at radius 2 is 1.73 bits per heavy atom. The summed E-state index contributed by atoms with van der Waals surface area (Å²) in [4.78, 5) is 23.3. The van der Waals surface area contributed by atoms with Gasteiger partial charge in [0, 0.05) is 11.6 Å². The first-order chi connectivity index (χ1) is 14.3. The van der Waals surface area contributed by atoms with E-state index in [9.17, 15) is 14.9 Å². The molecule has 0 N–H and O–H groups in total. The van der Waals surface area contributed by atoms with Crippen LogP contribution in [0, 0.1) is 17.0 Å². The van der Waals surface area contributed by atoms with Crippen LogP contribution in [-0.4, -0.2) is 35.3 Å². The van der Waals surface area contributed by atoms with Crippen molar-refractivity contribution in [2.24, 2.45) is 0 Å². The Bertz CT molecular complexity index is 1080. The molecule has 0 spiro atoms. The fourth-order valence-electron chi connectivity index (χ4n) is 2.67. The maximum atomic E-state index is 12.6. The molecule has 1 atom stereocenters. The third kappa shape index (κ3) is 4.22. The van der Waals surface area contributed by atoms with Gasteiger partial charge in [0.05, 0.1) is 25.2 Å². The standard InChI is InChI=1S/C20H19N3O7/c1-11-5-7-13(8-6-11)19-22-21-18(30-19)12(2)29-20(24)14-9-16(27-3)17(28-4)10-15(14)23(25)26/h5-10,12H,1-4H3/t12-/m1/s1. The van der Waals surface area contributed by atoms with Gasteiger partial charge in [-0.3, -0.25) is 10.1 Å². The van der Waals surface area contributed by atoms with E-state index in [1.807, 2.05) is 31.2 Å². The molecule has 156 valence electrons. The Balaban J connectivity index is 1.84. The zero-order valence-corrected chi connectivity index (χ0v) is 16.7. The number of ether oxygens (including phenoxy) is 3. The zero-order valence-electron chi connectivity index (χ0n) is 16.7. The van der Waals surface area contributed by atoms with Gasteiger partial charge in [-0.2, -0.15) is 0 Å². The lowest BCUT2D eigenvalue weighted by atomic mass is 10.1. The van der Waals surface area contributed by atoms with Crippen molar-refractivity contribution >= 4 is 11.7 Å². The van der Waals surface area contributed by atoms with E-state index in [-0.39, 0.29) is 28.8 Å². The fraction of sp³-hybridized carbons (Fsp3) is 0.250. The molecule has 0 saturated carbocycles. The molecule has 10 nitrogen and oxygen atoms in total. The first-order valence-electron chi connectivity index (χ1n) is 8.86. The van der Waals surface area contributed by atoms with E-state index in [0.717, 1.165) is 11.6 Å². The number of benzene rings is 2. The summed E-state index contributed by atoms with van der Waals surface area (Å²) in [6, 6.07) is 9.75. The second-order valence-electron chi connectivity index (χ2n) is 6.34. The number of aryl methyl sites for hydroxylation is 1. The largest absolute Gasteiger partial charge is 0.493 e. The smallest absolute Gasteiger partial charge is 0.346 e. The van der Waals surface area contributed by atoms with Gasteiger partial charge < -0.3 is 18.6 Å². The lowest BCUT2D eigenvalue weighted by Gasteiger charge is -2.12. The number of nitro groups is 1. The zero-order chi connectivity index (χ0) is 21.8. The van der Waals surface area contributed by atoms with Crippen molar-refractivity contribution in [1.29, 1.82) is 0 Å². The Hall–Kier alpha value is -3.95. The number of hydrogen-bond acceptors (Lipinski definition) is 9. The van der Waals surface area contributed by atoms with Crippen LogP contribution in [0.25, 0.3) is 11.5 Å². The molecule has 0 aliphatic carbocycles. The number of hydrogen-bond donors (Lipinski definition) is 0. The van der Waals surface area contributed by atoms with E-state index in [0.29, 0.717) is 5.56 Å². The van der Waals surface area contributed by atoms with Crippen LogP contribution in [0.5, 0.6) is 11.5 Å². The maximum Gasteiger partial charge on any atom is 0.346 e. The summed E-state index contributed by atoms with van der Waals surface area (Å²) >= 11 is 0. The third-order valence-electron chi connectivity index (χ3n) is 4.29. The summed E-state index contributed by atoms with van der Waals surface area (Å²) in [5, 5.41) is 19.3. The van der Waals surface area contributed by atoms with E-state index >= 15 is 0 Å². The van der Waals surface area contributed by atoms with E-state index in [2.05, 4.69) is 10.2 Å². The molecule has 0 fully saturated rings. The predicted octanol–water partition coefficient (Wildman–Crippen LogP) is 3.89.